The zero-order valence-corrected chi connectivity index (χ0v) is 16.2. The predicted molar refractivity (Wildman–Crippen MR) is 100 cm³/mol. The van der Waals surface area contributed by atoms with Gasteiger partial charge in [-0.05, 0) is 30.3 Å². The Kier molecular flexibility index (Phi) is 5.67. The molecule has 0 atom stereocenters. The smallest absolute Gasteiger partial charge is 0.340 e. The Morgan fingerprint density at radius 2 is 2.16 bits per heavy atom. The van der Waals surface area contributed by atoms with Crippen molar-refractivity contribution in [1.29, 1.82) is 0 Å². The zero-order valence-electron chi connectivity index (χ0n) is 13.0. The van der Waals surface area contributed by atoms with Crippen LogP contribution in [0, 0.1) is 0 Å². The maximum Gasteiger partial charge on any atom is 0.340 e. The van der Waals surface area contributed by atoms with E-state index in [-0.39, 0.29) is 6.61 Å². The molecule has 3 rings (SSSR count). The van der Waals surface area contributed by atoms with Crippen LogP contribution in [0.15, 0.2) is 46.4 Å². The molecule has 25 heavy (non-hydrogen) atoms. The third kappa shape index (κ3) is 4.36. The number of aromatic nitrogens is 2. The lowest BCUT2D eigenvalue weighted by molar-refractivity contribution is 0.0468. The second kappa shape index (κ2) is 7.95. The largest absolute Gasteiger partial charge is 0.496 e. The molecule has 0 spiro atoms. The molecule has 0 aliphatic carbocycles. The van der Waals surface area contributed by atoms with E-state index >= 15 is 0 Å². The third-order valence-electron chi connectivity index (χ3n) is 3.26. The molecule has 3 aromatic rings. The van der Waals surface area contributed by atoms with Gasteiger partial charge in [0.1, 0.15) is 22.5 Å². The Bertz CT molecular complexity index is 899. The van der Waals surface area contributed by atoms with Crippen molar-refractivity contribution in [3.05, 3.63) is 62.8 Å². The van der Waals surface area contributed by atoms with Crippen molar-refractivity contribution >= 4 is 44.8 Å². The van der Waals surface area contributed by atoms with E-state index in [1.165, 1.54) is 17.5 Å². The summed E-state index contributed by atoms with van der Waals surface area (Å²) < 4.78 is 11.6. The molecule has 128 valence electrons. The molecular weight excluding hydrogens is 428 g/mol. The van der Waals surface area contributed by atoms with Gasteiger partial charge in [0.15, 0.2) is 0 Å². The highest BCUT2D eigenvalue weighted by molar-refractivity contribution is 9.10. The van der Waals surface area contributed by atoms with Crippen LogP contribution in [0.4, 0.5) is 0 Å². The van der Waals surface area contributed by atoms with Crippen molar-refractivity contribution in [2.75, 3.05) is 7.11 Å². The summed E-state index contributed by atoms with van der Waals surface area (Å²) in [4.78, 5) is 20.4. The second-order valence-corrected chi connectivity index (χ2v) is 7.10. The molecule has 0 saturated heterocycles. The Hall–Kier alpha value is -1.96. The van der Waals surface area contributed by atoms with Gasteiger partial charge in [0, 0.05) is 16.0 Å². The molecule has 0 radical (unpaired) electrons. The van der Waals surface area contributed by atoms with Gasteiger partial charge in [-0.3, -0.25) is 0 Å². The number of carbonyl (C=O) groups is 1. The molecule has 5 nitrogen and oxygen atoms in total. The van der Waals surface area contributed by atoms with Crippen LogP contribution >= 0.6 is 38.9 Å². The topological polar surface area (TPSA) is 61.3 Å². The number of hydrogen-bond donors (Lipinski definition) is 0. The number of rotatable bonds is 5. The van der Waals surface area contributed by atoms with Crippen LogP contribution in [0.25, 0.3) is 10.6 Å². The highest BCUT2D eigenvalue weighted by atomic mass is 79.9. The van der Waals surface area contributed by atoms with Crippen LogP contribution in [0.1, 0.15) is 16.1 Å². The molecule has 1 aromatic carbocycles. The normalized spacial score (nSPS) is 10.5. The Morgan fingerprint density at radius 3 is 2.88 bits per heavy atom. The van der Waals surface area contributed by atoms with Crippen molar-refractivity contribution in [2.24, 2.45) is 0 Å². The van der Waals surface area contributed by atoms with Crippen LogP contribution in [0.3, 0.4) is 0 Å². The van der Waals surface area contributed by atoms with Gasteiger partial charge in [-0.1, -0.05) is 27.5 Å². The number of methoxy groups -OCH3 is 1. The average molecular weight is 440 g/mol. The lowest BCUT2D eigenvalue weighted by Gasteiger charge is -2.06. The molecule has 0 fully saturated rings. The molecule has 0 saturated carbocycles. The maximum absolute atomic E-state index is 12.0. The Balaban J connectivity index is 1.71. The van der Waals surface area contributed by atoms with E-state index in [1.807, 2.05) is 23.6 Å². The first-order valence-electron chi connectivity index (χ1n) is 7.14. The molecule has 2 heterocycles. The number of thiazole rings is 1. The Morgan fingerprint density at radius 1 is 1.32 bits per heavy atom. The van der Waals surface area contributed by atoms with E-state index < -0.39 is 5.97 Å². The fourth-order valence-corrected chi connectivity index (χ4v) is 3.36. The Labute approximate surface area is 161 Å². The molecule has 0 aliphatic rings. The summed E-state index contributed by atoms with van der Waals surface area (Å²) in [7, 11) is 1.61. The predicted octanol–water partition coefficient (Wildman–Crippen LogP) is 4.99. The summed E-state index contributed by atoms with van der Waals surface area (Å²) in [5.41, 5.74) is 1.88. The van der Waals surface area contributed by atoms with Crippen molar-refractivity contribution in [3.63, 3.8) is 0 Å². The van der Waals surface area contributed by atoms with Gasteiger partial charge in [-0.15, -0.1) is 11.3 Å². The van der Waals surface area contributed by atoms with Gasteiger partial charge in [-0.25, -0.2) is 14.8 Å². The number of halogens is 2. The van der Waals surface area contributed by atoms with E-state index in [0.29, 0.717) is 16.4 Å². The quantitative estimate of drug-likeness (QED) is 0.414. The minimum atomic E-state index is -0.473. The van der Waals surface area contributed by atoms with Gasteiger partial charge in [0.2, 0.25) is 0 Å². The van der Waals surface area contributed by atoms with Crippen LogP contribution < -0.4 is 4.74 Å². The van der Waals surface area contributed by atoms with Crippen molar-refractivity contribution < 1.29 is 14.3 Å². The van der Waals surface area contributed by atoms with Crippen molar-refractivity contribution in [1.82, 2.24) is 9.97 Å². The fraction of sp³-hybridized carbons (Fsp3) is 0.118. The highest BCUT2D eigenvalue weighted by Crippen LogP contribution is 2.34. The standard InChI is InChI=1S/C17H12BrClN2O3S/c1-23-14-4-3-11(18)6-13(14)16-21-12(9-25-16)8-24-17(22)10-2-5-15(19)20-7-10/h2-7,9H,8H2,1H3. The third-order valence-corrected chi connectivity index (χ3v) is 4.90. The first kappa shape index (κ1) is 17.8. The van der Waals surface area contributed by atoms with Crippen LogP contribution in [-0.4, -0.2) is 23.0 Å². The summed E-state index contributed by atoms with van der Waals surface area (Å²) in [5, 5.41) is 2.96. The summed E-state index contributed by atoms with van der Waals surface area (Å²) in [6.07, 6.45) is 1.38. The highest BCUT2D eigenvalue weighted by Gasteiger charge is 2.13. The first-order chi connectivity index (χ1) is 12.1. The first-order valence-corrected chi connectivity index (χ1v) is 9.19. The SMILES string of the molecule is COc1ccc(Br)cc1-c1nc(COC(=O)c2ccc(Cl)nc2)cs1. The van der Waals surface area contributed by atoms with Gasteiger partial charge in [-0.2, -0.15) is 0 Å². The second-order valence-electron chi connectivity index (χ2n) is 4.93. The fourth-order valence-electron chi connectivity index (χ4n) is 2.06. The lowest BCUT2D eigenvalue weighted by Crippen LogP contribution is -2.05. The van der Waals surface area contributed by atoms with Gasteiger partial charge >= 0.3 is 5.97 Å². The average Bonchev–Trinajstić information content (AvgIpc) is 3.09. The zero-order chi connectivity index (χ0) is 17.8. The molecule has 2 aromatic heterocycles. The summed E-state index contributed by atoms with van der Waals surface area (Å²) in [6.45, 7) is 0.0777. The number of hydrogen-bond acceptors (Lipinski definition) is 6. The molecule has 0 unspecified atom stereocenters. The maximum atomic E-state index is 12.0. The number of benzene rings is 1. The minimum Gasteiger partial charge on any atom is -0.496 e. The summed E-state index contributed by atoms with van der Waals surface area (Å²) in [5.74, 6) is 0.257. The number of esters is 1. The van der Waals surface area contributed by atoms with Crippen LogP contribution in [-0.2, 0) is 11.3 Å². The van der Waals surface area contributed by atoms with E-state index in [2.05, 4.69) is 25.9 Å². The number of ether oxygens (including phenoxy) is 2. The molecule has 0 amide bonds. The minimum absolute atomic E-state index is 0.0777. The van der Waals surface area contributed by atoms with E-state index in [4.69, 9.17) is 21.1 Å². The van der Waals surface area contributed by atoms with E-state index in [9.17, 15) is 4.79 Å². The van der Waals surface area contributed by atoms with Gasteiger partial charge in [0.25, 0.3) is 0 Å². The molecule has 0 bridgehead atoms. The number of carbonyl (C=O) groups excluding carboxylic acids is 1. The number of pyridine rings is 1. The van der Waals surface area contributed by atoms with Crippen molar-refractivity contribution in [2.45, 2.75) is 6.61 Å². The van der Waals surface area contributed by atoms with Gasteiger partial charge in [0.05, 0.1) is 23.9 Å². The van der Waals surface area contributed by atoms with Crippen LogP contribution in [0.2, 0.25) is 5.15 Å². The van der Waals surface area contributed by atoms with Gasteiger partial charge < -0.3 is 9.47 Å². The van der Waals surface area contributed by atoms with E-state index in [1.54, 1.807) is 19.2 Å². The molecule has 0 aliphatic heterocycles. The van der Waals surface area contributed by atoms with E-state index in [0.717, 1.165) is 20.8 Å². The molecular formula is C17H12BrClN2O3S. The van der Waals surface area contributed by atoms with Crippen molar-refractivity contribution in [3.8, 4) is 16.3 Å². The number of nitrogens with zero attached hydrogens (tertiary/aromatic N) is 2. The molecule has 8 heteroatoms. The summed E-state index contributed by atoms with van der Waals surface area (Å²) >= 11 is 10.6. The van der Waals surface area contributed by atoms with Crippen LogP contribution in [0.5, 0.6) is 5.75 Å². The molecule has 0 N–H and O–H groups in total. The summed E-state index contributed by atoms with van der Waals surface area (Å²) in [6, 6.07) is 8.81. The lowest BCUT2D eigenvalue weighted by atomic mass is 10.2. The monoisotopic (exact) mass is 438 g/mol.